The predicted octanol–water partition coefficient (Wildman–Crippen LogP) is 3.30. The largest absolute Gasteiger partial charge is 0.328 e. The maximum absolute atomic E-state index is 12.9. The van der Waals surface area contributed by atoms with E-state index in [-0.39, 0.29) is 15.5 Å². The Kier molecular flexibility index (Phi) is 5.19. The topological polar surface area (TPSA) is 102 Å². The van der Waals surface area contributed by atoms with E-state index in [1.807, 2.05) is 6.92 Å². The second-order valence-corrected chi connectivity index (χ2v) is 9.71. The van der Waals surface area contributed by atoms with Crippen LogP contribution in [0.5, 0.6) is 0 Å². The lowest BCUT2D eigenvalue weighted by Crippen LogP contribution is -2.19. The summed E-state index contributed by atoms with van der Waals surface area (Å²) < 4.78 is 31.2. The number of nitrogens with zero attached hydrogens (tertiary/aromatic N) is 2. The van der Waals surface area contributed by atoms with Crippen LogP contribution in [0, 0.1) is 6.92 Å². The number of imidazole rings is 1. The first kappa shape index (κ1) is 20.9. The number of rotatable bonds is 5. The first-order chi connectivity index (χ1) is 14.7. The Morgan fingerprint density at radius 1 is 0.935 bits per heavy atom. The predicted molar refractivity (Wildman–Crippen MR) is 122 cm³/mol. The lowest BCUT2D eigenvalue weighted by molar-refractivity contribution is 0.102. The molecule has 160 valence electrons. The lowest BCUT2D eigenvalue weighted by Gasteiger charge is -2.10. The van der Waals surface area contributed by atoms with Gasteiger partial charge in [-0.05, 0) is 48.7 Å². The molecule has 0 saturated carbocycles. The molecule has 1 amide bonds. The van der Waals surface area contributed by atoms with Crippen molar-refractivity contribution in [1.82, 2.24) is 9.13 Å². The van der Waals surface area contributed by atoms with Crippen molar-refractivity contribution in [1.29, 1.82) is 0 Å². The summed E-state index contributed by atoms with van der Waals surface area (Å²) in [7, 11) is -0.621. The molecule has 4 aromatic rings. The van der Waals surface area contributed by atoms with Crippen molar-refractivity contribution >= 4 is 49.7 Å². The quantitative estimate of drug-likeness (QED) is 0.481. The van der Waals surface area contributed by atoms with E-state index in [0.717, 1.165) is 22.4 Å². The van der Waals surface area contributed by atoms with Crippen LogP contribution in [0.1, 0.15) is 15.2 Å². The summed E-state index contributed by atoms with van der Waals surface area (Å²) in [4.78, 5) is 24.9. The molecule has 2 heterocycles. The normalized spacial score (nSPS) is 11.6. The molecule has 8 nitrogen and oxygen atoms in total. The molecule has 0 unspecified atom stereocenters. The highest BCUT2D eigenvalue weighted by Gasteiger charge is 2.24. The number of amides is 1. The molecule has 0 atom stereocenters. The summed E-state index contributed by atoms with van der Waals surface area (Å²) in [6.45, 7) is 1.91. The molecular formula is C21H20N4O4S2. The first-order valence-electron chi connectivity index (χ1n) is 9.31. The number of benzene rings is 2. The Balaban J connectivity index is 1.61. The van der Waals surface area contributed by atoms with E-state index in [1.165, 1.54) is 15.2 Å². The molecule has 0 bridgehead atoms. The van der Waals surface area contributed by atoms with Crippen molar-refractivity contribution in [3.05, 3.63) is 74.8 Å². The van der Waals surface area contributed by atoms with Crippen LogP contribution in [0.25, 0.3) is 11.0 Å². The van der Waals surface area contributed by atoms with Crippen LogP contribution in [0.15, 0.2) is 63.6 Å². The third kappa shape index (κ3) is 3.87. The number of sulfonamides is 1. The second-order valence-electron chi connectivity index (χ2n) is 7.14. The summed E-state index contributed by atoms with van der Waals surface area (Å²) in [5, 5.41) is 4.29. The summed E-state index contributed by atoms with van der Waals surface area (Å²) in [6.07, 6.45) is 0. The van der Waals surface area contributed by atoms with Crippen molar-refractivity contribution in [3.8, 4) is 0 Å². The molecular weight excluding hydrogens is 436 g/mol. The van der Waals surface area contributed by atoms with Crippen LogP contribution < -0.4 is 15.7 Å². The van der Waals surface area contributed by atoms with E-state index in [1.54, 1.807) is 61.9 Å². The van der Waals surface area contributed by atoms with Gasteiger partial charge in [0.1, 0.15) is 9.77 Å². The maximum atomic E-state index is 12.9. The number of thiophene rings is 1. The number of carbonyl (C=O) groups is 1. The van der Waals surface area contributed by atoms with Crippen LogP contribution >= 0.6 is 11.3 Å². The second kappa shape index (κ2) is 7.71. The third-order valence-corrected chi connectivity index (χ3v) is 7.42. The molecule has 2 aromatic carbocycles. The zero-order valence-corrected chi connectivity index (χ0v) is 18.7. The first-order valence-corrected chi connectivity index (χ1v) is 11.7. The average Bonchev–Trinajstić information content (AvgIpc) is 3.31. The summed E-state index contributed by atoms with van der Waals surface area (Å²) in [5.74, 6) is -0.542. The lowest BCUT2D eigenvalue weighted by atomic mass is 10.2. The van der Waals surface area contributed by atoms with Gasteiger partial charge in [0.2, 0.25) is 0 Å². The Morgan fingerprint density at radius 3 is 2.29 bits per heavy atom. The minimum Gasteiger partial charge on any atom is -0.321 e. The van der Waals surface area contributed by atoms with Gasteiger partial charge in [0, 0.05) is 25.5 Å². The van der Waals surface area contributed by atoms with Gasteiger partial charge in [-0.2, -0.15) is 0 Å². The highest BCUT2D eigenvalue weighted by atomic mass is 32.2. The minimum atomic E-state index is -3.94. The van der Waals surface area contributed by atoms with Gasteiger partial charge in [-0.25, -0.2) is 13.2 Å². The van der Waals surface area contributed by atoms with E-state index in [2.05, 4.69) is 10.0 Å². The Bertz CT molecular complexity index is 1460. The van der Waals surface area contributed by atoms with Crippen molar-refractivity contribution in [2.24, 2.45) is 14.1 Å². The monoisotopic (exact) mass is 456 g/mol. The van der Waals surface area contributed by atoms with Gasteiger partial charge in [-0.3, -0.25) is 18.7 Å². The van der Waals surface area contributed by atoms with Crippen molar-refractivity contribution in [2.45, 2.75) is 11.8 Å². The fourth-order valence-electron chi connectivity index (χ4n) is 3.28. The highest BCUT2D eigenvalue weighted by Crippen LogP contribution is 2.26. The van der Waals surface area contributed by atoms with Crippen molar-refractivity contribution in [3.63, 3.8) is 0 Å². The number of fused-ring (bicyclic) bond motifs is 1. The van der Waals surface area contributed by atoms with E-state index in [9.17, 15) is 18.0 Å². The zero-order chi connectivity index (χ0) is 22.3. The molecule has 0 fully saturated rings. The molecule has 2 aromatic heterocycles. The molecule has 2 N–H and O–H groups in total. The Hall–Kier alpha value is -3.37. The van der Waals surface area contributed by atoms with Gasteiger partial charge in [0.05, 0.1) is 11.0 Å². The SMILES string of the molecule is Cc1ccc(NS(=O)(=O)c2ccsc2C(=O)Nc2ccc3c(c2)n(C)c(=O)n3C)cc1. The van der Waals surface area contributed by atoms with Crippen LogP contribution in [0.2, 0.25) is 0 Å². The van der Waals surface area contributed by atoms with Crippen LogP contribution in [-0.2, 0) is 24.1 Å². The fraction of sp³-hybridized carbons (Fsp3) is 0.143. The minimum absolute atomic E-state index is 0.0710. The third-order valence-electron chi connectivity index (χ3n) is 4.96. The van der Waals surface area contributed by atoms with Gasteiger partial charge >= 0.3 is 5.69 Å². The molecule has 0 aliphatic heterocycles. The molecule has 0 saturated heterocycles. The fourth-order valence-corrected chi connectivity index (χ4v) is 5.66. The number of hydrogen-bond acceptors (Lipinski definition) is 5. The summed E-state index contributed by atoms with van der Waals surface area (Å²) in [6, 6.07) is 13.4. The number of aryl methyl sites for hydroxylation is 3. The van der Waals surface area contributed by atoms with E-state index >= 15 is 0 Å². The van der Waals surface area contributed by atoms with Gasteiger partial charge in [0.15, 0.2) is 0 Å². The van der Waals surface area contributed by atoms with Gasteiger partial charge in [0.25, 0.3) is 15.9 Å². The maximum Gasteiger partial charge on any atom is 0.328 e. The number of nitrogens with one attached hydrogen (secondary N) is 2. The number of carbonyl (C=O) groups excluding carboxylic acids is 1. The molecule has 0 radical (unpaired) electrons. The molecule has 0 aliphatic carbocycles. The van der Waals surface area contributed by atoms with E-state index in [4.69, 9.17) is 0 Å². The van der Waals surface area contributed by atoms with Crippen LogP contribution in [-0.4, -0.2) is 23.5 Å². The molecule has 10 heteroatoms. The molecule has 4 rings (SSSR count). The summed E-state index contributed by atoms with van der Waals surface area (Å²) >= 11 is 1.04. The number of anilines is 2. The Morgan fingerprint density at radius 2 is 1.58 bits per heavy atom. The molecule has 0 spiro atoms. The highest BCUT2D eigenvalue weighted by molar-refractivity contribution is 7.93. The zero-order valence-electron chi connectivity index (χ0n) is 17.0. The number of aromatic nitrogens is 2. The van der Waals surface area contributed by atoms with Crippen LogP contribution in [0.4, 0.5) is 11.4 Å². The molecule has 31 heavy (non-hydrogen) atoms. The Labute approximate surface area is 182 Å². The van der Waals surface area contributed by atoms with Crippen LogP contribution in [0.3, 0.4) is 0 Å². The number of hydrogen-bond donors (Lipinski definition) is 2. The van der Waals surface area contributed by atoms with Crippen molar-refractivity contribution < 1.29 is 13.2 Å². The van der Waals surface area contributed by atoms with E-state index < -0.39 is 15.9 Å². The summed E-state index contributed by atoms with van der Waals surface area (Å²) in [5.41, 5.74) is 3.09. The van der Waals surface area contributed by atoms with Gasteiger partial charge in [-0.1, -0.05) is 17.7 Å². The van der Waals surface area contributed by atoms with E-state index in [0.29, 0.717) is 16.9 Å². The van der Waals surface area contributed by atoms with Gasteiger partial charge in [-0.15, -0.1) is 11.3 Å². The molecule has 0 aliphatic rings. The van der Waals surface area contributed by atoms with Crippen molar-refractivity contribution in [2.75, 3.05) is 10.0 Å². The standard InChI is InChI=1S/C21H20N4O4S2/c1-13-4-6-14(7-5-13)23-31(28,29)18-10-11-30-19(18)20(26)22-15-8-9-16-17(12-15)25(3)21(27)24(16)2/h4-12,23H,1-3H3,(H,22,26). The van der Waals surface area contributed by atoms with Gasteiger partial charge < -0.3 is 5.32 Å². The smallest absolute Gasteiger partial charge is 0.321 e. The average molecular weight is 457 g/mol.